The molecule has 102 valence electrons. The van der Waals surface area contributed by atoms with Gasteiger partial charge in [-0.15, -0.1) is 0 Å². The van der Waals surface area contributed by atoms with Crippen LogP contribution in [0.1, 0.15) is 18.4 Å². The highest BCUT2D eigenvalue weighted by atomic mass is 15.1. The highest BCUT2D eigenvalue weighted by molar-refractivity contribution is 5.83. The first-order chi connectivity index (χ1) is 9.22. The van der Waals surface area contributed by atoms with Crippen LogP contribution in [0.4, 0.5) is 0 Å². The Morgan fingerprint density at radius 1 is 1.26 bits per heavy atom. The van der Waals surface area contributed by atoms with Gasteiger partial charge in [-0.1, -0.05) is 18.2 Å². The molecule has 0 unspecified atom stereocenters. The van der Waals surface area contributed by atoms with Crippen LogP contribution in [0.5, 0.6) is 0 Å². The summed E-state index contributed by atoms with van der Waals surface area (Å²) in [6.07, 6.45) is 5.74. The van der Waals surface area contributed by atoms with Gasteiger partial charge in [0.05, 0.1) is 0 Å². The van der Waals surface area contributed by atoms with Crippen LogP contribution in [0, 0.1) is 0 Å². The van der Waals surface area contributed by atoms with Gasteiger partial charge in [0.15, 0.2) is 0 Å². The Morgan fingerprint density at radius 3 is 2.74 bits per heavy atom. The SMILES string of the molecule is CNC1(Cc2c[nH]c3ccccc23)CCN(C)CC1. The Hall–Kier alpha value is -1.32. The standard InChI is InChI=1S/C16H23N3/c1-17-16(7-9-19(2)10-8-16)11-13-12-18-15-6-4-3-5-14(13)15/h3-6,12,17-18H,7-11H2,1-2H3. The van der Waals surface area contributed by atoms with Gasteiger partial charge >= 0.3 is 0 Å². The van der Waals surface area contributed by atoms with Gasteiger partial charge < -0.3 is 15.2 Å². The molecule has 1 saturated heterocycles. The van der Waals surface area contributed by atoms with Crippen molar-refractivity contribution in [3.63, 3.8) is 0 Å². The van der Waals surface area contributed by atoms with Crippen molar-refractivity contribution in [1.82, 2.24) is 15.2 Å². The first-order valence-electron chi connectivity index (χ1n) is 7.15. The molecule has 3 heteroatoms. The van der Waals surface area contributed by atoms with E-state index in [1.807, 2.05) is 0 Å². The summed E-state index contributed by atoms with van der Waals surface area (Å²) in [5.74, 6) is 0. The van der Waals surface area contributed by atoms with E-state index >= 15 is 0 Å². The maximum atomic E-state index is 3.60. The molecule has 2 aromatic rings. The number of nitrogens with zero attached hydrogens (tertiary/aromatic N) is 1. The molecule has 0 amide bonds. The van der Waals surface area contributed by atoms with E-state index in [9.17, 15) is 0 Å². The molecule has 1 aliphatic heterocycles. The van der Waals surface area contributed by atoms with E-state index in [0.717, 1.165) is 6.42 Å². The fourth-order valence-electron chi connectivity index (χ4n) is 3.20. The van der Waals surface area contributed by atoms with Crippen molar-refractivity contribution in [2.45, 2.75) is 24.8 Å². The zero-order chi connectivity index (χ0) is 13.3. The summed E-state index contributed by atoms with van der Waals surface area (Å²) >= 11 is 0. The second-order valence-corrected chi connectivity index (χ2v) is 5.87. The first-order valence-corrected chi connectivity index (χ1v) is 7.15. The average Bonchev–Trinajstić information content (AvgIpc) is 2.85. The number of piperidine rings is 1. The van der Waals surface area contributed by atoms with Gasteiger partial charge in [0.25, 0.3) is 0 Å². The fraction of sp³-hybridized carbons (Fsp3) is 0.500. The second kappa shape index (κ2) is 4.99. The number of benzene rings is 1. The topological polar surface area (TPSA) is 31.1 Å². The first kappa shape index (κ1) is 12.7. The number of rotatable bonds is 3. The van der Waals surface area contributed by atoms with Crippen molar-refractivity contribution in [2.24, 2.45) is 0 Å². The third-order valence-electron chi connectivity index (χ3n) is 4.68. The number of nitrogens with one attached hydrogen (secondary N) is 2. The van der Waals surface area contributed by atoms with Crippen LogP contribution < -0.4 is 5.32 Å². The van der Waals surface area contributed by atoms with Gasteiger partial charge in [-0.05, 0) is 58.1 Å². The minimum absolute atomic E-state index is 0.261. The summed E-state index contributed by atoms with van der Waals surface area (Å²) in [7, 11) is 4.32. The predicted molar refractivity (Wildman–Crippen MR) is 80.5 cm³/mol. The maximum Gasteiger partial charge on any atom is 0.0456 e. The van der Waals surface area contributed by atoms with Gasteiger partial charge in [0.1, 0.15) is 0 Å². The molecule has 0 spiro atoms. The van der Waals surface area contributed by atoms with Crippen molar-refractivity contribution < 1.29 is 0 Å². The Morgan fingerprint density at radius 2 is 2.00 bits per heavy atom. The molecule has 19 heavy (non-hydrogen) atoms. The van der Waals surface area contributed by atoms with E-state index in [0.29, 0.717) is 0 Å². The van der Waals surface area contributed by atoms with Crippen LogP contribution in [-0.2, 0) is 6.42 Å². The molecular weight excluding hydrogens is 234 g/mol. The number of H-pyrrole nitrogens is 1. The molecule has 0 atom stereocenters. The van der Waals surface area contributed by atoms with Crippen molar-refractivity contribution >= 4 is 10.9 Å². The minimum atomic E-state index is 0.261. The molecule has 1 fully saturated rings. The van der Waals surface area contributed by atoms with Gasteiger partial charge in [-0.2, -0.15) is 0 Å². The number of para-hydroxylation sites is 1. The highest BCUT2D eigenvalue weighted by Crippen LogP contribution is 2.29. The predicted octanol–water partition coefficient (Wildman–Crippen LogP) is 2.39. The fourth-order valence-corrected chi connectivity index (χ4v) is 3.20. The molecule has 3 rings (SSSR count). The summed E-state index contributed by atoms with van der Waals surface area (Å²) in [6.45, 7) is 2.37. The van der Waals surface area contributed by atoms with Crippen LogP contribution in [0.3, 0.4) is 0 Å². The lowest BCUT2D eigenvalue weighted by Gasteiger charge is -2.40. The summed E-state index contributed by atoms with van der Waals surface area (Å²) in [4.78, 5) is 5.81. The van der Waals surface area contributed by atoms with Crippen molar-refractivity contribution in [2.75, 3.05) is 27.2 Å². The molecule has 0 saturated carbocycles. The quantitative estimate of drug-likeness (QED) is 0.884. The number of likely N-dealkylation sites (tertiary alicyclic amines) is 1. The molecule has 0 radical (unpaired) electrons. The Kier molecular flexibility index (Phi) is 3.33. The second-order valence-electron chi connectivity index (χ2n) is 5.87. The number of likely N-dealkylation sites (N-methyl/N-ethyl adjacent to an activating group) is 1. The number of aromatic amines is 1. The normalized spacial score (nSPS) is 19.9. The highest BCUT2D eigenvalue weighted by Gasteiger charge is 2.32. The number of fused-ring (bicyclic) bond motifs is 1. The van der Waals surface area contributed by atoms with Crippen molar-refractivity contribution in [3.8, 4) is 0 Å². The summed E-state index contributed by atoms with van der Waals surface area (Å²) in [5.41, 5.74) is 2.95. The third kappa shape index (κ3) is 2.40. The smallest absolute Gasteiger partial charge is 0.0456 e. The van der Waals surface area contributed by atoms with Crippen LogP contribution in [0.25, 0.3) is 10.9 Å². The maximum absolute atomic E-state index is 3.60. The Balaban J connectivity index is 1.86. The number of aromatic nitrogens is 1. The van der Waals surface area contributed by atoms with Crippen LogP contribution in [0.15, 0.2) is 30.5 Å². The molecule has 1 aliphatic rings. The lowest BCUT2D eigenvalue weighted by atomic mass is 9.82. The summed E-state index contributed by atoms with van der Waals surface area (Å²) in [6, 6.07) is 8.59. The lowest BCUT2D eigenvalue weighted by Crippen LogP contribution is -2.52. The van der Waals surface area contributed by atoms with E-state index in [4.69, 9.17) is 0 Å². The Bertz CT molecular complexity index is 550. The summed E-state index contributed by atoms with van der Waals surface area (Å²) in [5, 5.41) is 4.97. The van der Waals surface area contributed by atoms with Crippen LogP contribution in [-0.4, -0.2) is 42.6 Å². The molecule has 2 N–H and O–H groups in total. The van der Waals surface area contributed by atoms with E-state index in [1.165, 1.54) is 42.4 Å². The van der Waals surface area contributed by atoms with Gasteiger partial charge in [0.2, 0.25) is 0 Å². The zero-order valence-corrected chi connectivity index (χ0v) is 11.9. The monoisotopic (exact) mass is 257 g/mol. The molecule has 0 aliphatic carbocycles. The van der Waals surface area contributed by atoms with Crippen LogP contribution >= 0.6 is 0 Å². The molecular formula is C16H23N3. The summed E-state index contributed by atoms with van der Waals surface area (Å²) < 4.78 is 0. The van der Waals surface area contributed by atoms with Crippen molar-refractivity contribution in [1.29, 1.82) is 0 Å². The molecule has 0 bridgehead atoms. The van der Waals surface area contributed by atoms with E-state index in [2.05, 4.69) is 59.8 Å². The third-order valence-corrected chi connectivity index (χ3v) is 4.68. The van der Waals surface area contributed by atoms with Gasteiger partial charge in [-0.3, -0.25) is 0 Å². The molecule has 1 aromatic heterocycles. The van der Waals surface area contributed by atoms with Crippen molar-refractivity contribution in [3.05, 3.63) is 36.0 Å². The van der Waals surface area contributed by atoms with Crippen LogP contribution in [0.2, 0.25) is 0 Å². The van der Waals surface area contributed by atoms with Gasteiger partial charge in [0, 0.05) is 22.6 Å². The largest absolute Gasteiger partial charge is 0.361 e. The lowest BCUT2D eigenvalue weighted by molar-refractivity contribution is 0.164. The number of hydrogen-bond acceptors (Lipinski definition) is 2. The minimum Gasteiger partial charge on any atom is -0.361 e. The molecule has 2 heterocycles. The van der Waals surface area contributed by atoms with E-state index < -0.39 is 0 Å². The molecule has 1 aromatic carbocycles. The average molecular weight is 257 g/mol. The Labute approximate surface area is 115 Å². The van der Waals surface area contributed by atoms with Gasteiger partial charge in [-0.25, -0.2) is 0 Å². The zero-order valence-electron chi connectivity index (χ0n) is 11.9. The van der Waals surface area contributed by atoms with E-state index in [1.54, 1.807) is 0 Å². The molecule has 3 nitrogen and oxygen atoms in total. The van der Waals surface area contributed by atoms with E-state index in [-0.39, 0.29) is 5.54 Å². The number of hydrogen-bond donors (Lipinski definition) is 2.